The van der Waals surface area contributed by atoms with E-state index < -0.39 is 0 Å². The highest BCUT2D eigenvalue weighted by molar-refractivity contribution is 4.81. The quantitative estimate of drug-likeness (QED) is 0.718. The van der Waals surface area contributed by atoms with Crippen LogP contribution in [0.15, 0.2) is 0 Å². The van der Waals surface area contributed by atoms with Gasteiger partial charge >= 0.3 is 0 Å². The molecular weight excluding hydrogens is 194 g/mol. The second-order valence-corrected chi connectivity index (χ2v) is 6.32. The molecule has 0 radical (unpaired) electrons. The molecule has 2 fully saturated rings. The fourth-order valence-electron chi connectivity index (χ4n) is 3.02. The minimum absolute atomic E-state index is 0.812. The summed E-state index contributed by atoms with van der Waals surface area (Å²) in [6.07, 6.45) is 11.6. The van der Waals surface area contributed by atoms with Gasteiger partial charge in [-0.3, -0.25) is 0 Å². The van der Waals surface area contributed by atoms with Gasteiger partial charge in [-0.25, -0.2) is 0 Å². The van der Waals surface area contributed by atoms with E-state index in [9.17, 15) is 0 Å². The minimum Gasteiger partial charge on any atom is -0.314 e. The van der Waals surface area contributed by atoms with E-state index >= 15 is 0 Å². The fourth-order valence-corrected chi connectivity index (χ4v) is 3.02. The maximum atomic E-state index is 3.83. The Morgan fingerprint density at radius 1 is 1.00 bits per heavy atom. The Bertz CT molecular complexity index is 190. The molecule has 0 saturated heterocycles. The maximum absolute atomic E-state index is 3.83. The summed E-state index contributed by atoms with van der Waals surface area (Å²) in [6.45, 7) is 6.03. The third-order valence-electron chi connectivity index (χ3n) is 4.64. The first kappa shape index (κ1) is 12.4. The van der Waals surface area contributed by atoms with E-state index in [0.29, 0.717) is 0 Å². The fraction of sp³-hybridized carbons (Fsp3) is 1.00. The van der Waals surface area contributed by atoms with E-state index in [4.69, 9.17) is 0 Å². The number of nitrogens with one attached hydrogen (secondary N) is 1. The zero-order chi connectivity index (χ0) is 11.4. The molecule has 0 bridgehead atoms. The molecule has 0 aromatic carbocycles. The Kier molecular flexibility index (Phi) is 4.69. The summed E-state index contributed by atoms with van der Waals surface area (Å²) < 4.78 is 0. The van der Waals surface area contributed by atoms with Crippen molar-refractivity contribution in [3.05, 3.63) is 0 Å². The van der Waals surface area contributed by atoms with Crippen LogP contribution in [0.2, 0.25) is 0 Å². The molecule has 0 spiro atoms. The Morgan fingerprint density at radius 3 is 2.19 bits per heavy atom. The average Bonchev–Trinajstić information content (AvgIpc) is 3.10. The summed E-state index contributed by atoms with van der Waals surface area (Å²) in [5.41, 5.74) is 0. The van der Waals surface area contributed by atoms with Gasteiger partial charge in [0.2, 0.25) is 0 Å². The summed E-state index contributed by atoms with van der Waals surface area (Å²) in [5.74, 6) is 3.04. The lowest BCUT2D eigenvalue weighted by Gasteiger charge is -2.28. The normalized spacial score (nSPS) is 32.6. The van der Waals surface area contributed by atoms with Gasteiger partial charge in [0.1, 0.15) is 0 Å². The van der Waals surface area contributed by atoms with Crippen LogP contribution in [-0.4, -0.2) is 12.6 Å². The Hall–Kier alpha value is -0.0400. The molecule has 0 amide bonds. The van der Waals surface area contributed by atoms with E-state index in [1.165, 1.54) is 57.9 Å². The first-order chi connectivity index (χ1) is 7.78. The summed E-state index contributed by atoms with van der Waals surface area (Å²) in [5, 5.41) is 3.83. The van der Waals surface area contributed by atoms with Crippen LogP contribution in [0.3, 0.4) is 0 Å². The second-order valence-electron chi connectivity index (χ2n) is 6.32. The summed E-state index contributed by atoms with van der Waals surface area (Å²) >= 11 is 0. The molecular formula is C15H29N. The average molecular weight is 223 g/mol. The maximum Gasteiger partial charge on any atom is 0.00671 e. The lowest BCUT2D eigenvalue weighted by atomic mass is 9.83. The molecule has 2 saturated carbocycles. The molecule has 1 unspecified atom stereocenters. The van der Waals surface area contributed by atoms with Crippen LogP contribution in [0, 0.1) is 17.8 Å². The van der Waals surface area contributed by atoms with E-state index in [0.717, 1.165) is 23.8 Å². The Labute approximate surface area is 101 Å². The molecule has 2 aliphatic rings. The molecule has 0 aliphatic heterocycles. The van der Waals surface area contributed by atoms with Crippen molar-refractivity contribution in [2.24, 2.45) is 17.8 Å². The lowest BCUT2D eigenvalue weighted by Crippen LogP contribution is -2.34. The molecule has 94 valence electrons. The summed E-state index contributed by atoms with van der Waals surface area (Å²) in [7, 11) is 0. The van der Waals surface area contributed by atoms with Gasteiger partial charge in [-0.15, -0.1) is 0 Å². The first-order valence-electron chi connectivity index (χ1n) is 7.51. The second kappa shape index (κ2) is 6.05. The minimum atomic E-state index is 0.812. The van der Waals surface area contributed by atoms with Crippen molar-refractivity contribution >= 4 is 0 Å². The van der Waals surface area contributed by atoms with Crippen LogP contribution in [-0.2, 0) is 0 Å². The zero-order valence-corrected chi connectivity index (χ0v) is 11.2. The molecule has 2 rings (SSSR count). The molecule has 0 aromatic heterocycles. The molecule has 0 aromatic rings. The van der Waals surface area contributed by atoms with Gasteiger partial charge in [-0.1, -0.05) is 39.5 Å². The monoisotopic (exact) mass is 223 g/mol. The highest BCUT2D eigenvalue weighted by Gasteiger charge is 2.25. The van der Waals surface area contributed by atoms with E-state index in [1.54, 1.807) is 0 Å². The van der Waals surface area contributed by atoms with Crippen molar-refractivity contribution in [1.29, 1.82) is 0 Å². The highest BCUT2D eigenvalue weighted by Crippen LogP contribution is 2.34. The van der Waals surface area contributed by atoms with Crippen molar-refractivity contribution in [2.75, 3.05) is 6.54 Å². The van der Waals surface area contributed by atoms with E-state index in [-0.39, 0.29) is 0 Å². The van der Waals surface area contributed by atoms with Gasteiger partial charge in [0.05, 0.1) is 0 Å². The number of rotatable bonds is 6. The lowest BCUT2D eigenvalue weighted by molar-refractivity contribution is 0.269. The molecule has 16 heavy (non-hydrogen) atoms. The smallest absolute Gasteiger partial charge is 0.00671 e. The molecule has 0 heterocycles. The van der Waals surface area contributed by atoms with Crippen LogP contribution >= 0.6 is 0 Å². The van der Waals surface area contributed by atoms with Gasteiger partial charge in [0.25, 0.3) is 0 Å². The predicted molar refractivity (Wildman–Crippen MR) is 70.5 cm³/mol. The van der Waals surface area contributed by atoms with Crippen LogP contribution in [0.4, 0.5) is 0 Å². The van der Waals surface area contributed by atoms with Gasteiger partial charge < -0.3 is 5.32 Å². The zero-order valence-electron chi connectivity index (χ0n) is 11.2. The van der Waals surface area contributed by atoms with Gasteiger partial charge in [-0.05, 0) is 50.0 Å². The summed E-state index contributed by atoms with van der Waals surface area (Å²) in [6, 6.07) is 0.812. The van der Waals surface area contributed by atoms with Crippen LogP contribution in [0.5, 0.6) is 0 Å². The van der Waals surface area contributed by atoms with Crippen molar-refractivity contribution < 1.29 is 0 Å². The van der Waals surface area contributed by atoms with Crippen LogP contribution < -0.4 is 5.32 Å². The van der Waals surface area contributed by atoms with Crippen LogP contribution in [0.1, 0.15) is 65.2 Å². The molecule has 2 aliphatic carbocycles. The van der Waals surface area contributed by atoms with Crippen molar-refractivity contribution in [3.63, 3.8) is 0 Å². The standard InChI is InChI=1S/C15H29N/c1-3-15(10-13-8-9-13)16-11-14-6-4-12(2)5-7-14/h12-16H,3-11H2,1-2H3. The number of hydrogen-bond acceptors (Lipinski definition) is 1. The molecule has 1 atom stereocenters. The third-order valence-corrected chi connectivity index (χ3v) is 4.64. The summed E-state index contributed by atoms with van der Waals surface area (Å²) in [4.78, 5) is 0. The van der Waals surface area contributed by atoms with Crippen molar-refractivity contribution in [3.8, 4) is 0 Å². The number of hydrogen-bond donors (Lipinski definition) is 1. The molecule has 1 nitrogen and oxygen atoms in total. The highest BCUT2D eigenvalue weighted by atomic mass is 14.9. The van der Waals surface area contributed by atoms with E-state index in [1.807, 2.05) is 0 Å². The SMILES string of the molecule is CCC(CC1CC1)NCC1CCC(C)CC1. The van der Waals surface area contributed by atoms with Crippen molar-refractivity contribution in [2.45, 2.75) is 71.3 Å². The van der Waals surface area contributed by atoms with Gasteiger partial charge in [0, 0.05) is 6.04 Å². The van der Waals surface area contributed by atoms with Gasteiger partial charge in [-0.2, -0.15) is 0 Å². The predicted octanol–water partition coefficient (Wildman–Crippen LogP) is 3.98. The third kappa shape index (κ3) is 4.08. The Balaban J connectivity index is 1.60. The Morgan fingerprint density at radius 2 is 1.62 bits per heavy atom. The topological polar surface area (TPSA) is 12.0 Å². The molecule has 1 N–H and O–H groups in total. The van der Waals surface area contributed by atoms with Gasteiger partial charge in [0.15, 0.2) is 0 Å². The van der Waals surface area contributed by atoms with Crippen molar-refractivity contribution in [1.82, 2.24) is 5.32 Å². The van der Waals surface area contributed by atoms with Crippen LogP contribution in [0.25, 0.3) is 0 Å². The van der Waals surface area contributed by atoms with E-state index in [2.05, 4.69) is 19.2 Å². The first-order valence-corrected chi connectivity index (χ1v) is 7.51. The molecule has 1 heteroatoms. The largest absolute Gasteiger partial charge is 0.314 e.